The Bertz CT molecular complexity index is 1100. The first-order chi connectivity index (χ1) is 17.5. The number of likely N-dealkylation sites (tertiary alicyclic amines) is 1. The first kappa shape index (κ1) is 25.3. The molecule has 2 fully saturated rings. The number of primary amides is 1. The van der Waals surface area contributed by atoms with E-state index in [1.165, 1.54) is 51.5 Å². The van der Waals surface area contributed by atoms with E-state index in [1.54, 1.807) is 18.2 Å². The molecule has 2 heterocycles. The fraction of sp³-hybridized carbons (Fsp3) is 0.517. The molecule has 1 aliphatic carbocycles. The minimum atomic E-state index is -0.562. The summed E-state index contributed by atoms with van der Waals surface area (Å²) in [6.07, 6.45) is 11.6. The van der Waals surface area contributed by atoms with Crippen LogP contribution in [0.15, 0.2) is 40.9 Å². The molecule has 2 aliphatic heterocycles. The molecule has 0 spiro atoms. The number of nitrogens with zero attached hydrogens (tertiary/aromatic N) is 1. The summed E-state index contributed by atoms with van der Waals surface area (Å²) >= 11 is 3.53. The second-order valence-electron chi connectivity index (χ2n) is 10.6. The lowest BCUT2D eigenvalue weighted by Crippen LogP contribution is -2.47. The van der Waals surface area contributed by atoms with Crippen LogP contribution in [0.3, 0.4) is 0 Å². The van der Waals surface area contributed by atoms with Crippen LogP contribution in [0, 0.1) is 5.92 Å². The first-order valence-electron chi connectivity index (χ1n) is 13.4. The molecule has 1 atom stereocenters. The molecule has 3 aliphatic rings. The number of carbonyl (C=O) groups is 2. The molecular weight excluding hydrogens is 518 g/mol. The van der Waals surface area contributed by atoms with Gasteiger partial charge < -0.3 is 20.7 Å². The van der Waals surface area contributed by atoms with E-state index in [9.17, 15) is 9.59 Å². The summed E-state index contributed by atoms with van der Waals surface area (Å²) < 4.78 is 6.96. The van der Waals surface area contributed by atoms with Crippen LogP contribution in [0.25, 0.3) is 0 Å². The van der Waals surface area contributed by atoms with E-state index in [-0.39, 0.29) is 11.9 Å². The monoisotopic (exact) mass is 553 g/mol. The second-order valence-corrected chi connectivity index (χ2v) is 11.5. The second kappa shape index (κ2) is 11.3. The fourth-order valence-electron chi connectivity index (χ4n) is 6.06. The van der Waals surface area contributed by atoms with Crippen LogP contribution >= 0.6 is 15.9 Å². The maximum absolute atomic E-state index is 13.7. The standard InChI is InChI=1S/C29H36BrN3O3/c30-21-9-11-26-24(17-21)27(23-16-20(28(31)34)8-10-25(23)36-26)29(35)32-22-12-14-33(15-13-22)18-19-6-4-2-1-3-5-7-19/h8-11,16-17,19,22,27H,1-7,12-15,18H2,(H2,31,34)(H,32,35). The number of benzene rings is 2. The Morgan fingerprint density at radius 2 is 1.56 bits per heavy atom. The van der Waals surface area contributed by atoms with E-state index in [0.717, 1.165) is 41.9 Å². The maximum atomic E-state index is 13.7. The van der Waals surface area contributed by atoms with Gasteiger partial charge in [-0.1, -0.05) is 48.0 Å². The summed E-state index contributed by atoms with van der Waals surface area (Å²) in [5.41, 5.74) is 7.38. The highest BCUT2D eigenvalue weighted by Crippen LogP contribution is 2.45. The van der Waals surface area contributed by atoms with Crippen LogP contribution in [0.2, 0.25) is 0 Å². The van der Waals surface area contributed by atoms with Gasteiger partial charge >= 0.3 is 0 Å². The van der Waals surface area contributed by atoms with Gasteiger partial charge in [-0.15, -0.1) is 0 Å². The Kier molecular flexibility index (Phi) is 7.96. The predicted molar refractivity (Wildman–Crippen MR) is 144 cm³/mol. The van der Waals surface area contributed by atoms with Gasteiger partial charge in [0.25, 0.3) is 0 Å². The van der Waals surface area contributed by atoms with E-state index in [1.807, 2.05) is 18.2 Å². The number of carbonyl (C=O) groups excluding carboxylic acids is 2. The van der Waals surface area contributed by atoms with Crippen molar-refractivity contribution in [3.8, 4) is 11.5 Å². The predicted octanol–water partition coefficient (Wildman–Crippen LogP) is 5.73. The van der Waals surface area contributed by atoms with Crippen molar-refractivity contribution in [1.82, 2.24) is 10.2 Å². The minimum absolute atomic E-state index is 0.0565. The molecule has 7 heteroatoms. The van der Waals surface area contributed by atoms with Crippen LogP contribution in [-0.4, -0.2) is 42.4 Å². The van der Waals surface area contributed by atoms with Crippen LogP contribution in [-0.2, 0) is 4.79 Å². The Hall–Kier alpha value is -2.38. The lowest BCUT2D eigenvalue weighted by molar-refractivity contribution is -0.122. The maximum Gasteiger partial charge on any atom is 0.248 e. The van der Waals surface area contributed by atoms with Gasteiger partial charge in [0.05, 0.1) is 5.92 Å². The molecule has 1 saturated carbocycles. The van der Waals surface area contributed by atoms with Gasteiger partial charge in [-0.05, 0) is 68.0 Å². The number of hydrogen-bond acceptors (Lipinski definition) is 4. The number of hydrogen-bond donors (Lipinski definition) is 2. The van der Waals surface area contributed by atoms with Gasteiger partial charge in [0, 0.05) is 46.8 Å². The molecule has 1 unspecified atom stereocenters. The third-order valence-electron chi connectivity index (χ3n) is 8.05. The van der Waals surface area contributed by atoms with Crippen molar-refractivity contribution in [2.45, 2.75) is 69.7 Å². The van der Waals surface area contributed by atoms with Crippen molar-refractivity contribution in [2.75, 3.05) is 19.6 Å². The average molecular weight is 555 g/mol. The molecule has 6 nitrogen and oxygen atoms in total. The molecule has 3 N–H and O–H groups in total. The lowest BCUT2D eigenvalue weighted by atomic mass is 9.85. The summed E-state index contributed by atoms with van der Waals surface area (Å²) in [4.78, 5) is 28.2. The highest BCUT2D eigenvalue weighted by atomic mass is 79.9. The number of halogens is 1. The molecule has 192 valence electrons. The molecule has 2 aromatic rings. The molecule has 5 rings (SSSR count). The number of rotatable bonds is 5. The highest BCUT2D eigenvalue weighted by molar-refractivity contribution is 9.10. The molecule has 0 aromatic heterocycles. The number of fused-ring (bicyclic) bond motifs is 2. The lowest BCUT2D eigenvalue weighted by Gasteiger charge is -2.36. The largest absolute Gasteiger partial charge is 0.457 e. The number of ether oxygens (including phenoxy) is 1. The molecule has 2 amide bonds. The van der Waals surface area contributed by atoms with Crippen molar-refractivity contribution < 1.29 is 14.3 Å². The zero-order valence-corrected chi connectivity index (χ0v) is 22.4. The Morgan fingerprint density at radius 1 is 0.917 bits per heavy atom. The molecule has 0 radical (unpaired) electrons. The quantitative estimate of drug-likeness (QED) is 0.495. The van der Waals surface area contributed by atoms with Crippen molar-refractivity contribution in [3.05, 3.63) is 57.6 Å². The molecule has 0 bridgehead atoms. The van der Waals surface area contributed by atoms with Gasteiger partial charge in [-0.25, -0.2) is 0 Å². The minimum Gasteiger partial charge on any atom is -0.457 e. The number of amides is 2. The van der Waals surface area contributed by atoms with E-state index in [0.29, 0.717) is 22.6 Å². The summed E-state index contributed by atoms with van der Waals surface area (Å²) in [5.74, 6) is 0.932. The zero-order valence-electron chi connectivity index (χ0n) is 20.8. The van der Waals surface area contributed by atoms with E-state index in [2.05, 4.69) is 26.1 Å². The van der Waals surface area contributed by atoms with Crippen LogP contribution < -0.4 is 15.8 Å². The Labute approximate surface area is 222 Å². The van der Waals surface area contributed by atoms with Crippen molar-refractivity contribution >= 4 is 27.7 Å². The van der Waals surface area contributed by atoms with Gasteiger partial charge in [-0.3, -0.25) is 9.59 Å². The van der Waals surface area contributed by atoms with Crippen molar-refractivity contribution in [3.63, 3.8) is 0 Å². The normalized spacial score (nSPS) is 21.4. The SMILES string of the molecule is NC(=O)c1ccc2c(c1)C(C(=O)NC1CCN(CC3CCCCCCC3)CC1)c1cc(Br)ccc1O2. The Balaban J connectivity index is 1.27. The number of nitrogens with two attached hydrogens (primary N) is 1. The molecule has 1 saturated heterocycles. The molecule has 2 aromatic carbocycles. The highest BCUT2D eigenvalue weighted by Gasteiger charge is 2.35. The summed E-state index contributed by atoms with van der Waals surface area (Å²) in [7, 11) is 0. The van der Waals surface area contributed by atoms with Crippen molar-refractivity contribution in [1.29, 1.82) is 0 Å². The van der Waals surface area contributed by atoms with Crippen LogP contribution in [0.4, 0.5) is 0 Å². The zero-order chi connectivity index (χ0) is 25.1. The summed E-state index contributed by atoms with van der Waals surface area (Å²) in [5, 5.41) is 3.33. The van der Waals surface area contributed by atoms with Crippen LogP contribution in [0.5, 0.6) is 11.5 Å². The van der Waals surface area contributed by atoms with E-state index >= 15 is 0 Å². The van der Waals surface area contributed by atoms with Crippen molar-refractivity contribution in [2.24, 2.45) is 11.7 Å². The van der Waals surface area contributed by atoms with Gasteiger partial charge in [-0.2, -0.15) is 0 Å². The third kappa shape index (κ3) is 5.78. The average Bonchev–Trinajstić information content (AvgIpc) is 2.85. The molecular formula is C29H36BrN3O3. The van der Waals surface area contributed by atoms with Gasteiger partial charge in [0.2, 0.25) is 11.8 Å². The van der Waals surface area contributed by atoms with Gasteiger partial charge in [0.1, 0.15) is 11.5 Å². The number of piperidine rings is 1. The summed E-state index contributed by atoms with van der Waals surface area (Å²) in [6, 6.07) is 10.9. The summed E-state index contributed by atoms with van der Waals surface area (Å²) in [6.45, 7) is 3.25. The van der Waals surface area contributed by atoms with Gasteiger partial charge in [0.15, 0.2) is 0 Å². The topological polar surface area (TPSA) is 84.7 Å². The Morgan fingerprint density at radius 3 is 2.25 bits per heavy atom. The van der Waals surface area contributed by atoms with Crippen LogP contribution in [0.1, 0.15) is 85.2 Å². The smallest absolute Gasteiger partial charge is 0.248 e. The number of nitrogens with one attached hydrogen (secondary N) is 1. The fourth-order valence-corrected chi connectivity index (χ4v) is 6.44. The van der Waals surface area contributed by atoms with E-state index < -0.39 is 11.8 Å². The third-order valence-corrected chi connectivity index (χ3v) is 8.54. The van der Waals surface area contributed by atoms with E-state index in [4.69, 9.17) is 10.5 Å². The first-order valence-corrected chi connectivity index (χ1v) is 14.2. The molecule has 36 heavy (non-hydrogen) atoms.